The minimum Gasteiger partial charge on any atom is -0.258 e. The zero-order valence-electron chi connectivity index (χ0n) is 8.08. The highest BCUT2D eigenvalue weighted by Gasteiger charge is 2.11. The number of nitrogens with zero attached hydrogens (tertiary/aromatic N) is 4. The molecule has 1 aromatic carbocycles. The Morgan fingerprint density at radius 3 is 2.88 bits per heavy atom. The molecule has 16 heavy (non-hydrogen) atoms. The second-order valence-electron chi connectivity index (χ2n) is 3.04. The van der Waals surface area contributed by atoms with Gasteiger partial charge in [0.2, 0.25) is 0 Å². The van der Waals surface area contributed by atoms with E-state index in [0.29, 0.717) is 5.33 Å². The van der Waals surface area contributed by atoms with E-state index in [1.807, 2.05) is 0 Å². The lowest BCUT2D eigenvalue weighted by atomic mass is 10.2. The van der Waals surface area contributed by atoms with Crippen molar-refractivity contribution in [3.05, 3.63) is 46.5 Å². The van der Waals surface area contributed by atoms with E-state index in [1.165, 1.54) is 18.5 Å². The standard InChI is InChI=1S/C9H7BrN4O2/c10-4-7-3-8(14(15)16)1-2-9(7)13-6-11-5-12-13/h1-3,5-6H,4H2. The predicted octanol–water partition coefficient (Wildman–Crippen LogP) is 2.07. The van der Waals surface area contributed by atoms with Gasteiger partial charge in [0.05, 0.1) is 10.6 Å². The summed E-state index contributed by atoms with van der Waals surface area (Å²) in [7, 11) is 0. The molecule has 0 spiro atoms. The molecule has 0 bridgehead atoms. The first-order valence-electron chi connectivity index (χ1n) is 4.40. The smallest absolute Gasteiger partial charge is 0.258 e. The number of halogens is 1. The van der Waals surface area contributed by atoms with Crippen LogP contribution in [0.4, 0.5) is 5.69 Å². The SMILES string of the molecule is O=[N+]([O-])c1ccc(-n2cncn2)c(CBr)c1. The molecular weight excluding hydrogens is 276 g/mol. The third-order valence-electron chi connectivity index (χ3n) is 2.08. The largest absolute Gasteiger partial charge is 0.269 e. The van der Waals surface area contributed by atoms with Crippen LogP contribution in [-0.2, 0) is 5.33 Å². The number of nitro benzene ring substituents is 1. The van der Waals surface area contributed by atoms with Crippen LogP contribution >= 0.6 is 15.9 Å². The fraction of sp³-hybridized carbons (Fsp3) is 0.111. The summed E-state index contributed by atoms with van der Waals surface area (Å²) in [5.41, 5.74) is 1.64. The van der Waals surface area contributed by atoms with Crippen LogP contribution in [0.25, 0.3) is 5.69 Å². The summed E-state index contributed by atoms with van der Waals surface area (Å²) in [5, 5.41) is 15.1. The van der Waals surface area contributed by atoms with Gasteiger partial charge in [0.25, 0.3) is 5.69 Å². The maximum Gasteiger partial charge on any atom is 0.269 e. The molecule has 0 aliphatic heterocycles. The van der Waals surface area contributed by atoms with Gasteiger partial charge in [0.1, 0.15) is 12.7 Å². The van der Waals surface area contributed by atoms with Crippen LogP contribution in [0.2, 0.25) is 0 Å². The Hall–Kier alpha value is -1.76. The molecule has 0 unspecified atom stereocenters. The van der Waals surface area contributed by atoms with Gasteiger partial charge in [0, 0.05) is 17.5 Å². The highest BCUT2D eigenvalue weighted by Crippen LogP contribution is 2.22. The van der Waals surface area contributed by atoms with Gasteiger partial charge in [-0.3, -0.25) is 10.1 Å². The highest BCUT2D eigenvalue weighted by molar-refractivity contribution is 9.08. The molecule has 1 aromatic heterocycles. The summed E-state index contributed by atoms with van der Waals surface area (Å²) < 4.78 is 1.57. The van der Waals surface area contributed by atoms with E-state index in [2.05, 4.69) is 26.0 Å². The van der Waals surface area contributed by atoms with Crippen molar-refractivity contribution in [3.8, 4) is 5.69 Å². The zero-order chi connectivity index (χ0) is 11.5. The van der Waals surface area contributed by atoms with Crippen LogP contribution in [-0.4, -0.2) is 19.7 Å². The Morgan fingerprint density at radius 1 is 1.50 bits per heavy atom. The summed E-state index contributed by atoms with van der Waals surface area (Å²) in [4.78, 5) is 14.0. The molecule has 82 valence electrons. The van der Waals surface area contributed by atoms with E-state index in [9.17, 15) is 10.1 Å². The molecular formula is C9H7BrN4O2. The van der Waals surface area contributed by atoms with E-state index < -0.39 is 4.92 Å². The molecule has 0 fully saturated rings. The number of hydrogen-bond donors (Lipinski definition) is 0. The fourth-order valence-corrected chi connectivity index (χ4v) is 1.80. The van der Waals surface area contributed by atoms with Gasteiger partial charge in [-0.25, -0.2) is 9.67 Å². The predicted molar refractivity (Wildman–Crippen MR) is 60.6 cm³/mol. The lowest BCUT2D eigenvalue weighted by Crippen LogP contribution is -2.00. The van der Waals surface area contributed by atoms with Crippen molar-refractivity contribution in [2.24, 2.45) is 0 Å². The van der Waals surface area contributed by atoms with Crippen LogP contribution in [0.15, 0.2) is 30.9 Å². The van der Waals surface area contributed by atoms with Crippen LogP contribution in [0.1, 0.15) is 5.56 Å². The molecule has 0 aliphatic carbocycles. The molecule has 2 aromatic rings. The summed E-state index contributed by atoms with van der Waals surface area (Å²) in [5.74, 6) is 0. The van der Waals surface area contributed by atoms with Crippen LogP contribution in [0.3, 0.4) is 0 Å². The van der Waals surface area contributed by atoms with Gasteiger partial charge in [-0.05, 0) is 11.6 Å². The van der Waals surface area contributed by atoms with Gasteiger partial charge in [-0.2, -0.15) is 5.10 Å². The number of benzene rings is 1. The van der Waals surface area contributed by atoms with Gasteiger partial charge in [-0.15, -0.1) is 0 Å². The first-order valence-corrected chi connectivity index (χ1v) is 5.53. The van der Waals surface area contributed by atoms with Crippen molar-refractivity contribution >= 4 is 21.6 Å². The van der Waals surface area contributed by atoms with Crippen LogP contribution in [0.5, 0.6) is 0 Å². The van der Waals surface area contributed by atoms with E-state index in [-0.39, 0.29) is 5.69 Å². The summed E-state index contributed by atoms with van der Waals surface area (Å²) in [6.45, 7) is 0. The van der Waals surface area contributed by atoms with Crippen molar-refractivity contribution < 1.29 is 4.92 Å². The third kappa shape index (κ3) is 1.94. The maximum absolute atomic E-state index is 10.6. The molecule has 0 saturated heterocycles. The molecule has 0 amide bonds. The summed E-state index contributed by atoms with van der Waals surface area (Å²) in [6, 6.07) is 4.62. The quantitative estimate of drug-likeness (QED) is 0.491. The fourth-order valence-electron chi connectivity index (χ4n) is 1.35. The number of nitro groups is 1. The first kappa shape index (κ1) is 10.7. The minimum atomic E-state index is -0.419. The highest BCUT2D eigenvalue weighted by atomic mass is 79.9. The van der Waals surface area contributed by atoms with E-state index in [4.69, 9.17) is 0 Å². The second-order valence-corrected chi connectivity index (χ2v) is 3.60. The number of alkyl halides is 1. The molecule has 2 rings (SSSR count). The number of hydrogen-bond acceptors (Lipinski definition) is 4. The van der Waals surface area contributed by atoms with Crippen LogP contribution in [0, 0.1) is 10.1 Å². The second kappa shape index (κ2) is 4.40. The lowest BCUT2D eigenvalue weighted by molar-refractivity contribution is -0.384. The summed E-state index contributed by atoms with van der Waals surface area (Å²) >= 11 is 3.29. The Bertz CT molecular complexity index is 512. The van der Waals surface area contributed by atoms with Gasteiger partial charge in [0.15, 0.2) is 0 Å². The molecule has 0 saturated carbocycles. The zero-order valence-corrected chi connectivity index (χ0v) is 9.66. The lowest BCUT2D eigenvalue weighted by Gasteiger charge is -2.05. The molecule has 0 N–H and O–H groups in total. The topological polar surface area (TPSA) is 73.8 Å². The molecule has 0 aliphatic rings. The molecule has 0 atom stereocenters. The van der Waals surface area contributed by atoms with Gasteiger partial charge >= 0.3 is 0 Å². The third-order valence-corrected chi connectivity index (χ3v) is 2.69. The van der Waals surface area contributed by atoms with Crippen molar-refractivity contribution in [2.75, 3.05) is 0 Å². The Balaban J connectivity index is 2.51. The monoisotopic (exact) mass is 282 g/mol. The maximum atomic E-state index is 10.6. The van der Waals surface area contributed by atoms with E-state index >= 15 is 0 Å². The normalized spacial score (nSPS) is 10.3. The van der Waals surface area contributed by atoms with E-state index in [1.54, 1.807) is 17.1 Å². The number of non-ortho nitro benzene ring substituents is 1. The van der Waals surface area contributed by atoms with Crippen molar-refractivity contribution in [1.82, 2.24) is 14.8 Å². The van der Waals surface area contributed by atoms with Crippen molar-refractivity contribution in [1.29, 1.82) is 0 Å². The molecule has 6 nitrogen and oxygen atoms in total. The average molecular weight is 283 g/mol. The van der Waals surface area contributed by atoms with Crippen molar-refractivity contribution in [3.63, 3.8) is 0 Å². The number of aromatic nitrogens is 3. The average Bonchev–Trinajstić information content (AvgIpc) is 2.81. The Labute approximate surface area is 99.2 Å². The molecule has 1 heterocycles. The van der Waals surface area contributed by atoms with Crippen molar-refractivity contribution in [2.45, 2.75) is 5.33 Å². The molecule has 7 heteroatoms. The van der Waals surface area contributed by atoms with Gasteiger partial charge < -0.3 is 0 Å². The minimum absolute atomic E-state index is 0.0679. The Morgan fingerprint density at radius 2 is 2.31 bits per heavy atom. The molecule has 0 radical (unpaired) electrons. The van der Waals surface area contributed by atoms with E-state index in [0.717, 1.165) is 11.3 Å². The number of rotatable bonds is 3. The van der Waals surface area contributed by atoms with Gasteiger partial charge in [-0.1, -0.05) is 15.9 Å². The van der Waals surface area contributed by atoms with Crippen LogP contribution < -0.4 is 0 Å². The summed E-state index contributed by atoms with van der Waals surface area (Å²) in [6.07, 6.45) is 2.97. The first-order chi connectivity index (χ1) is 7.72. The Kier molecular flexibility index (Phi) is 2.95.